The molecule has 0 aromatic carbocycles. The molecule has 2 N–H and O–H groups in total. The average Bonchev–Trinajstić information content (AvgIpc) is 1.69. The van der Waals surface area contributed by atoms with Gasteiger partial charge in [-0.1, -0.05) is 21.9 Å². The maximum Gasteiger partial charge on any atom is 0.0645 e. The second-order valence-corrected chi connectivity index (χ2v) is 1.59. The highest BCUT2D eigenvalue weighted by molar-refractivity contribution is 9.09. The van der Waals surface area contributed by atoms with E-state index in [9.17, 15) is 0 Å². The quantitative estimate of drug-likeness (QED) is 0.446. The Kier molecular flexibility index (Phi) is 6.00. The Morgan fingerprint density at radius 3 is 2.57 bits per heavy atom. The van der Waals surface area contributed by atoms with Crippen molar-refractivity contribution in [1.82, 2.24) is 0 Å². The normalized spacial score (nSPS) is 7.14. The summed E-state index contributed by atoms with van der Waals surface area (Å²) in [5, 5.41) is 0.757. The maximum atomic E-state index is 5.15. The van der Waals surface area contributed by atoms with Crippen molar-refractivity contribution in [2.24, 2.45) is 5.73 Å². The van der Waals surface area contributed by atoms with Gasteiger partial charge in [0, 0.05) is 13.0 Å². The third-order valence-electron chi connectivity index (χ3n) is 0.461. The molecule has 0 saturated heterocycles. The molecule has 0 aliphatic carbocycles. The van der Waals surface area contributed by atoms with E-state index in [4.69, 9.17) is 5.73 Å². The summed E-state index contributed by atoms with van der Waals surface area (Å²) in [4.78, 5) is 0. The van der Waals surface area contributed by atoms with Crippen molar-refractivity contribution in [1.29, 1.82) is 0 Å². The first-order chi connectivity index (χ1) is 3.41. The summed E-state index contributed by atoms with van der Waals surface area (Å²) in [6, 6.07) is 0. The van der Waals surface area contributed by atoms with Crippen LogP contribution in [0.2, 0.25) is 0 Å². The van der Waals surface area contributed by atoms with E-state index >= 15 is 0 Å². The second kappa shape index (κ2) is 6.00. The van der Waals surface area contributed by atoms with Crippen molar-refractivity contribution < 1.29 is 0 Å². The van der Waals surface area contributed by atoms with Crippen LogP contribution >= 0.6 is 15.9 Å². The molecule has 2 heteroatoms. The summed E-state index contributed by atoms with van der Waals surface area (Å²) in [6.07, 6.45) is 0.811. The Hall–Kier alpha value is 0. The Morgan fingerprint density at radius 2 is 2.14 bits per heavy atom. The highest BCUT2D eigenvalue weighted by Gasteiger charge is 1.66. The van der Waals surface area contributed by atoms with Gasteiger partial charge in [0.15, 0.2) is 0 Å². The summed E-state index contributed by atoms with van der Waals surface area (Å²) in [5.74, 6) is 5.70. The molecule has 0 atom stereocenters. The lowest BCUT2D eigenvalue weighted by Crippen LogP contribution is -1.95. The molecule has 0 saturated carbocycles. The second-order valence-electron chi connectivity index (χ2n) is 1.03. The first-order valence-electron chi connectivity index (χ1n) is 2.13. The molecule has 7 heavy (non-hydrogen) atoms. The van der Waals surface area contributed by atoms with Crippen LogP contribution in [0.1, 0.15) is 6.42 Å². The van der Waals surface area contributed by atoms with Crippen LogP contribution in [0, 0.1) is 11.8 Å². The van der Waals surface area contributed by atoms with Crippen LogP contribution in [0.15, 0.2) is 0 Å². The molecule has 0 aromatic heterocycles. The highest BCUT2D eigenvalue weighted by atomic mass is 79.9. The first-order valence-corrected chi connectivity index (χ1v) is 3.25. The Morgan fingerprint density at radius 1 is 1.43 bits per heavy atom. The van der Waals surface area contributed by atoms with E-state index in [2.05, 4.69) is 27.8 Å². The molecule has 40 valence electrons. The minimum absolute atomic E-state index is 0.667. The molecule has 0 bridgehead atoms. The molecule has 0 unspecified atom stereocenters. The van der Waals surface area contributed by atoms with Gasteiger partial charge in [-0.05, 0) is 0 Å². The van der Waals surface area contributed by atoms with E-state index in [-0.39, 0.29) is 0 Å². The molecular formula is C5H8BrN. The topological polar surface area (TPSA) is 26.0 Å². The zero-order valence-electron chi connectivity index (χ0n) is 4.08. The molecule has 0 fully saturated rings. The van der Waals surface area contributed by atoms with Gasteiger partial charge < -0.3 is 5.73 Å². The van der Waals surface area contributed by atoms with Crippen molar-refractivity contribution in [3.05, 3.63) is 0 Å². The predicted octanol–water partition coefficient (Wildman–Crippen LogP) is 0.734. The van der Waals surface area contributed by atoms with E-state index in [1.54, 1.807) is 0 Å². The van der Waals surface area contributed by atoms with Crippen LogP contribution in [-0.2, 0) is 0 Å². The zero-order chi connectivity index (χ0) is 5.54. The standard InChI is InChI=1S/C5H8BrN/c6-4-2-1-3-5-7/h3-5,7H2. The van der Waals surface area contributed by atoms with Crippen molar-refractivity contribution in [2.75, 3.05) is 11.9 Å². The monoisotopic (exact) mass is 161 g/mol. The van der Waals surface area contributed by atoms with Crippen molar-refractivity contribution in [2.45, 2.75) is 6.42 Å². The highest BCUT2D eigenvalue weighted by Crippen LogP contribution is 1.74. The average molecular weight is 162 g/mol. The number of hydrogen-bond donors (Lipinski definition) is 1. The first kappa shape index (κ1) is 7.00. The molecule has 0 aromatic rings. The third-order valence-corrected chi connectivity index (χ3v) is 0.742. The number of hydrogen-bond acceptors (Lipinski definition) is 1. The minimum atomic E-state index is 0.667. The van der Waals surface area contributed by atoms with E-state index in [0.717, 1.165) is 11.8 Å². The summed E-state index contributed by atoms with van der Waals surface area (Å²) < 4.78 is 0. The van der Waals surface area contributed by atoms with Gasteiger partial charge in [0.05, 0.1) is 5.33 Å². The molecule has 0 amide bonds. The summed E-state index contributed by atoms with van der Waals surface area (Å²) in [5.41, 5.74) is 5.15. The fraction of sp³-hybridized carbons (Fsp3) is 0.600. The van der Waals surface area contributed by atoms with Gasteiger partial charge in [0.25, 0.3) is 0 Å². The molecular weight excluding hydrogens is 154 g/mol. The van der Waals surface area contributed by atoms with Crippen molar-refractivity contribution in [3.63, 3.8) is 0 Å². The Labute approximate surface area is 52.4 Å². The van der Waals surface area contributed by atoms with Gasteiger partial charge in [0.1, 0.15) is 0 Å². The molecule has 0 aliphatic heterocycles. The smallest absolute Gasteiger partial charge is 0.0645 e. The van der Waals surface area contributed by atoms with Gasteiger partial charge >= 0.3 is 0 Å². The summed E-state index contributed by atoms with van der Waals surface area (Å²) in [7, 11) is 0. The third kappa shape index (κ3) is 6.00. The van der Waals surface area contributed by atoms with Gasteiger partial charge in [-0.25, -0.2) is 0 Å². The van der Waals surface area contributed by atoms with Crippen LogP contribution in [0.4, 0.5) is 0 Å². The van der Waals surface area contributed by atoms with Gasteiger partial charge in [-0.2, -0.15) is 0 Å². The number of rotatable bonds is 1. The molecule has 0 radical (unpaired) electrons. The van der Waals surface area contributed by atoms with Gasteiger partial charge in [0.2, 0.25) is 0 Å². The SMILES string of the molecule is NCCC#CCBr. The number of nitrogens with two attached hydrogens (primary N) is 1. The summed E-state index contributed by atoms with van der Waals surface area (Å²) in [6.45, 7) is 0.667. The molecule has 0 spiro atoms. The van der Waals surface area contributed by atoms with Crippen LogP contribution < -0.4 is 5.73 Å². The fourth-order valence-corrected chi connectivity index (χ4v) is 0.406. The van der Waals surface area contributed by atoms with Gasteiger partial charge in [-0.3, -0.25) is 0 Å². The minimum Gasteiger partial charge on any atom is -0.330 e. The van der Waals surface area contributed by atoms with E-state index < -0.39 is 0 Å². The van der Waals surface area contributed by atoms with Crippen LogP contribution in [0.5, 0.6) is 0 Å². The lowest BCUT2D eigenvalue weighted by atomic mass is 10.4. The maximum absolute atomic E-state index is 5.15. The van der Waals surface area contributed by atoms with Crippen LogP contribution in [0.3, 0.4) is 0 Å². The van der Waals surface area contributed by atoms with Crippen molar-refractivity contribution >= 4 is 15.9 Å². The van der Waals surface area contributed by atoms with Crippen molar-refractivity contribution in [3.8, 4) is 11.8 Å². The largest absolute Gasteiger partial charge is 0.330 e. The summed E-state index contributed by atoms with van der Waals surface area (Å²) >= 11 is 3.17. The van der Waals surface area contributed by atoms with E-state index in [0.29, 0.717) is 6.54 Å². The lowest BCUT2D eigenvalue weighted by molar-refractivity contribution is 1.03. The fourth-order valence-electron chi connectivity index (χ4n) is 0.208. The predicted molar refractivity (Wildman–Crippen MR) is 35.2 cm³/mol. The molecule has 0 aliphatic rings. The zero-order valence-corrected chi connectivity index (χ0v) is 5.66. The lowest BCUT2D eigenvalue weighted by Gasteiger charge is -1.74. The molecule has 0 heterocycles. The Bertz CT molecular complexity index is 79.8. The van der Waals surface area contributed by atoms with E-state index in [1.807, 2.05) is 0 Å². The Balaban J connectivity index is 2.91. The number of alkyl halides is 1. The molecule has 0 rings (SSSR count). The molecule has 1 nitrogen and oxygen atoms in total. The van der Waals surface area contributed by atoms with Gasteiger partial charge in [-0.15, -0.1) is 5.92 Å². The van der Waals surface area contributed by atoms with E-state index in [1.165, 1.54) is 0 Å². The number of halogens is 1. The van der Waals surface area contributed by atoms with Crippen LogP contribution in [0.25, 0.3) is 0 Å². The van der Waals surface area contributed by atoms with Crippen LogP contribution in [-0.4, -0.2) is 11.9 Å².